The van der Waals surface area contributed by atoms with Gasteiger partial charge in [-0.2, -0.15) is 0 Å². The summed E-state index contributed by atoms with van der Waals surface area (Å²) in [5.74, 6) is 0. The highest BCUT2D eigenvalue weighted by molar-refractivity contribution is 5.68. The van der Waals surface area contributed by atoms with Gasteiger partial charge in [0.1, 0.15) is 6.61 Å². The van der Waals surface area contributed by atoms with Crippen molar-refractivity contribution in [1.29, 1.82) is 0 Å². The van der Waals surface area contributed by atoms with Gasteiger partial charge in [0, 0.05) is 12.1 Å². The maximum Gasteiger partial charge on any atom is 0.407 e. The van der Waals surface area contributed by atoms with Gasteiger partial charge in [0.05, 0.1) is 0 Å². The van der Waals surface area contributed by atoms with Crippen molar-refractivity contribution in [2.45, 2.75) is 38.8 Å². The molecular weight excluding hydrogens is 230 g/mol. The van der Waals surface area contributed by atoms with Crippen molar-refractivity contribution >= 4 is 6.09 Å². The Hall–Kier alpha value is -1.55. The Kier molecular flexibility index (Phi) is 5.65. The van der Waals surface area contributed by atoms with E-state index in [1.54, 1.807) is 0 Å². The molecule has 1 amide bonds. The van der Waals surface area contributed by atoms with Crippen LogP contribution in [0.3, 0.4) is 0 Å². The lowest BCUT2D eigenvalue weighted by Crippen LogP contribution is -2.43. The average molecular weight is 251 g/mol. The third-order valence-corrected chi connectivity index (χ3v) is 2.61. The molecule has 0 atom stereocenters. The van der Waals surface area contributed by atoms with Crippen LogP contribution < -0.4 is 5.32 Å². The fourth-order valence-electron chi connectivity index (χ4n) is 1.62. The van der Waals surface area contributed by atoms with E-state index in [4.69, 9.17) is 9.84 Å². The fraction of sp³-hybridized carbons (Fsp3) is 0.500. The summed E-state index contributed by atoms with van der Waals surface area (Å²) in [6.45, 7) is 4.21. The van der Waals surface area contributed by atoms with E-state index in [9.17, 15) is 4.79 Å². The molecule has 2 N–H and O–H groups in total. The second-order valence-electron chi connectivity index (χ2n) is 4.90. The molecular formula is C14H21NO3. The lowest BCUT2D eigenvalue weighted by Gasteiger charge is -2.25. The molecule has 1 aromatic rings. The molecule has 0 bridgehead atoms. The van der Waals surface area contributed by atoms with E-state index in [-0.39, 0.29) is 18.8 Å². The molecule has 0 heterocycles. The van der Waals surface area contributed by atoms with E-state index >= 15 is 0 Å². The Labute approximate surface area is 108 Å². The van der Waals surface area contributed by atoms with E-state index in [0.717, 1.165) is 5.56 Å². The summed E-state index contributed by atoms with van der Waals surface area (Å²) >= 11 is 0. The molecule has 1 aromatic carbocycles. The summed E-state index contributed by atoms with van der Waals surface area (Å²) in [6.07, 6.45) is 0.942. The Bertz CT molecular complexity index is 363. The van der Waals surface area contributed by atoms with Gasteiger partial charge in [-0.05, 0) is 32.3 Å². The van der Waals surface area contributed by atoms with Crippen molar-refractivity contribution in [1.82, 2.24) is 5.32 Å². The third-order valence-electron chi connectivity index (χ3n) is 2.61. The number of benzene rings is 1. The summed E-state index contributed by atoms with van der Waals surface area (Å²) < 4.78 is 5.13. The fourth-order valence-corrected chi connectivity index (χ4v) is 1.62. The predicted molar refractivity (Wildman–Crippen MR) is 70.2 cm³/mol. The molecule has 1 rings (SSSR count). The van der Waals surface area contributed by atoms with Gasteiger partial charge in [-0.1, -0.05) is 30.3 Å². The van der Waals surface area contributed by atoms with Crippen molar-refractivity contribution in [3.05, 3.63) is 35.9 Å². The summed E-state index contributed by atoms with van der Waals surface area (Å²) in [5.41, 5.74) is 0.595. The molecule has 0 aliphatic heterocycles. The first-order valence-corrected chi connectivity index (χ1v) is 6.13. The third kappa shape index (κ3) is 5.68. The molecule has 4 nitrogen and oxygen atoms in total. The highest BCUT2D eigenvalue weighted by Gasteiger charge is 2.20. The van der Waals surface area contributed by atoms with Crippen LogP contribution >= 0.6 is 0 Å². The minimum atomic E-state index is -0.429. The van der Waals surface area contributed by atoms with Crippen LogP contribution in [0.2, 0.25) is 0 Å². The Morgan fingerprint density at radius 3 is 2.61 bits per heavy atom. The van der Waals surface area contributed by atoms with Crippen LogP contribution in [-0.4, -0.2) is 23.3 Å². The minimum absolute atomic E-state index is 0.129. The standard InChI is InChI=1S/C14H21NO3/c1-14(2,9-6-10-16)15-13(17)18-11-12-7-4-3-5-8-12/h3-5,7-8,16H,6,9-11H2,1-2H3,(H,15,17). The zero-order valence-corrected chi connectivity index (χ0v) is 11.0. The summed E-state index contributed by atoms with van der Waals surface area (Å²) in [4.78, 5) is 11.6. The molecule has 0 saturated carbocycles. The molecule has 4 heteroatoms. The zero-order chi connectivity index (χ0) is 13.4. The number of hydrogen-bond acceptors (Lipinski definition) is 3. The van der Waals surface area contributed by atoms with E-state index in [1.165, 1.54) is 0 Å². The first-order chi connectivity index (χ1) is 8.53. The zero-order valence-electron chi connectivity index (χ0n) is 11.0. The second-order valence-corrected chi connectivity index (χ2v) is 4.90. The minimum Gasteiger partial charge on any atom is -0.445 e. The molecule has 0 unspecified atom stereocenters. The van der Waals surface area contributed by atoms with Crippen molar-refractivity contribution in [2.75, 3.05) is 6.61 Å². The summed E-state index contributed by atoms with van der Waals surface area (Å²) in [6, 6.07) is 9.54. The number of nitrogens with one attached hydrogen (secondary N) is 1. The van der Waals surface area contributed by atoms with Crippen LogP contribution in [0, 0.1) is 0 Å². The van der Waals surface area contributed by atoms with Gasteiger partial charge in [-0.3, -0.25) is 0 Å². The number of aliphatic hydroxyl groups excluding tert-OH is 1. The normalized spacial score (nSPS) is 11.1. The van der Waals surface area contributed by atoms with Gasteiger partial charge < -0.3 is 15.2 Å². The number of amides is 1. The molecule has 0 fully saturated rings. The van der Waals surface area contributed by atoms with Crippen LogP contribution in [0.25, 0.3) is 0 Å². The van der Waals surface area contributed by atoms with Gasteiger partial charge in [-0.15, -0.1) is 0 Å². The average Bonchev–Trinajstić information content (AvgIpc) is 2.35. The lowest BCUT2D eigenvalue weighted by atomic mass is 9.99. The van der Waals surface area contributed by atoms with Crippen LogP contribution in [0.15, 0.2) is 30.3 Å². The summed E-state index contributed by atoms with van der Waals surface area (Å²) in [5, 5.41) is 11.6. The van der Waals surface area contributed by atoms with Gasteiger partial charge in [-0.25, -0.2) is 4.79 Å². The first-order valence-electron chi connectivity index (χ1n) is 6.13. The molecule has 0 aliphatic rings. The van der Waals surface area contributed by atoms with Crippen molar-refractivity contribution in [3.8, 4) is 0 Å². The quantitative estimate of drug-likeness (QED) is 0.816. The molecule has 0 spiro atoms. The van der Waals surface area contributed by atoms with Gasteiger partial charge in [0.15, 0.2) is 0 Å². The van der Waals surface area contributed by atoms with Gasteiger partial charge in [0.25, 0.3) is 0 Å². The Balaban J connectivity index is 2.33. The molecule has 0 saturated heterocycles. The largest absolute Gasteiger partial charge is 0.445 e. The monoisotopic (exact) mass is 251 g/mol. The number of carbonyl (C=O) groups excluding carboxylic acids is 1. The van der Waals surface area contributed by atoms with Crippen LogP contribution in [0.1, 0.15) is 32.3 Å². The van der Waals surface area contributed by atoms with Crippen LogP contribution in [0.4, 0.5) is 4.79 Å². The smallest absolute Gasteiger partial charge is 0.407 e. The van der Waals surface area contributed by atoms with E-state index in [0.29, 0.717) is 12.8 Å². The van der Waals surface area contributed by atoms with Gasteiger partial charge in [0.2, 0.25) is 0 Å². The summed E-state index contributed by atoms with van der Waals surface area (Å²) in [7, 11) is 0. The molecule has 0 radical (unpaired) electrons. The number of ether oxygens (including phenoxy) is 1. The molecule has 0 aliphatic carbocycles. The maximum absolute atomic E-state index is 11.6. The first kappa shape index (κ1) is 14.5. The number of hydrogen-bond donors (Lipinski definition) is 2. The molecule has 18 heavy (non-hydrogen) atoms. The van der Waals surface area contributed by atoms with E-state index < -0.39 is 6.09 Å². The van der Waals surface area contributed by atoms with E-state index in [1.807, 2.05) is 44.2 Å². The number of alkyl carbamates (subject to hydrolysis) is 1. The SMILES string of the molecule is CC(C)(CCCO)NC(=O)OCc1ccccc1. The van der Waals surface area contributed by atoms with Crippen molar-refractivity contribution in [2.24, 2.45) is 0 Å². The predicted octanol–water partition coefficient (Wildman–Crippen LogP) is 2.46. The number of carbonyl (C=O) groups is 1. The van der Waals surface area contributed by atoms with Crippen molar-refractivity contribution < 1.29 is 14.6 Å². The van der Waals surface area contributed by atoms with Crippen LogP contribution in [0.5, 0.6) is 0 Å². The Morgan fingerprint density at radius 1 is 1.33 bits per heavy atom. The number of rotatable bonds is 6. The van der Waals surface area contributed by atoms with Crippen molar-refractivity contribution in [3.63, 3.8) is 0 Å². The highest BCUT2D eigenvalue weighted by Crippen LogP contribution is 2.11. The number of aliphatic hydroxyl groups is 1. The maximum atomic E-state index is 11.6. The topological polar surface area (TPSA) is 58.6 Å². The lowest BCUT2D eigenvalue weighted by molar-refractivity contribution is 0.127. The highest BCUT2D eigenvalue weighted by atomic mass is 16.5. The molecule has 100 valence electrons. The van der Waals surface area contributed by atoms with E-state index in [2.05, 4.69) is 5.32 Å². The van der Waals surface area contributed by atoms with Crippen LogP contribution in [-0.2, 0) is 11.3 Å². The van der Waals surface area contributed by atoms with Gasteiger partial charge >= 0.3 is 6.09 Å². The molecule has 0 aromatic heterocycles. The second kappa shape index (κ2) is 7.01. The Morgan fingerprint density at radius 2 is 2.00 bits per heavy atom.